The van der Waals surface area contributed by atoms with Crippen LogP contribution in [-0.4, -0.2) is 41.9 Å². The van der Waals surface area contributed by atoms with E-state index in [1.807, 2.05) is 6.07 Å². The minimum atomic E-state index is -0.156. The number of nitrogens with zero attached hydrogens (tertiary/aromatic N) is 2. The maximum Gasteiger partial charge on any atom is 0.222 e. The van der Waals surface area contributed by atoms with Crippen LogP contribution in [0.4, 0.5) is 4.39 Å². The van der Waals surface area contributed by atoms with Gasteiger partial charge in [-0.2, -0.15) is 0 Å². The Morgan fingerprint density at radius 1 is 1.14 bits per heavy atom. The molecule has 0 aromatic heterocycles. The molecule has 0 unspecified atom stereocenters. The van der Waals surface area contributed by atoms with Crippen LogP contribution >= 0.6 is 0 Å². The first-order chi connectivity index (χ1) is 10.7. The summed E-state index contributed by atoms with van der Waals surface area (Å²) in [5.74, 6) is 0.815. The van der Waals surface area contributed by atoms with Gasteiger partial charge in [-0.05, 0) is 62.4 Å². The average molecular weight is 304 g/mol. The molecule has 0 saturated carbocycles. The van der Waals surface area contributed by atoms with Crippen LogP contribution in [0.1, 0.15) is 37.7 Å². The van der Waals surface area contributed by atoms with Crippen LogP contribution in [0, 0.1) is 11.7 Å². The van der Waals surface area contributed by atoms with Gasteiger partial charge in [0.15, 0.2) is 0 Å². The molecule has 4 heteroatoms. The molecule has 1 aromatic carbocycles. The maximum absolute atomic E-state index is 13.2. The fourth-order valence-electron chi connectivity index (χ4n) is 3.59. The largest absolute Gasteiger partial charge is 0.342 e. The molecule has 0 spiro atoms. The molecule has 2 heterocycles. The number of benzene rings is 1. The third-order valence-corrected chi connectivity index (χ3v) is 4.90. The molecule has 0 N–H and O–H groups in total. The van der Waals surface area contributed by atoms with Crippen molar-refractivity contribution >= 4 is 5.91 Å². The number of halogens is 1. The van der Waals surface area contributed by atoms with E-state index in [4.69, 9.17) is 0 Å². The summed E-state index contributed by atoms with van der Waals surface area (Å²) in [6.07, 6.45) is 5.22. The number of hydrogen-bond donors (Lipinski definition) is 0. The minimum Gasteiger partial charge on any atom is -0.342 e. The van der Waals surface area contributed by atoms with Crippen LogP contribution < -0.4 is 0 Å². The standard InChI is InChI=1S/C18H25FN2O/c19-17-5-3-4-16(12-17)13-20-10-7-15(8-11-20)14-21-9-2-1-6-18(21)22/h3-5,12,15H,1-2,6-11,13-14H2. The van der Waals surface area contributed by atoms with Crippen molar-refractivity contribution < 1.29 is 9.18 Å². The fourth-order valence-corrected chi connectivity index (χ4v) is 3.59. The van der Waals surface area contributed by atoms with Gasteiger partial charge in [0.05, 0.1) is 0 Å². The molecule has 0 atom stereocenters. The zero-order chi connectivity index (χ0) is 15.4. The van der Waals surface area contributed by atoms with E-state index in [9.17, 15) is 9.18 Å². The monoisotopic (exact) mass is 304 g/mol. The molecular formula is C18H25FN2O. The maximum atomic E-state index is 13.2. The van der Waals surface area contributed by atoms with E-state index in [1.54, 1.807) is 12.1 Å². The highest BCUT2D eigenvalue weighted by Gasteiger charge is 2.25. The summed E-state index contributed by atoms with van der Waals surface area (Å²) in [6, 6.07) is 6.88. The molecule has 0 aliphatic carbocycles. The molecule has 120 valence electrons. The Bertz CT molecular complexity index is 512. The van der Waals surface area contributed by atoms with Gasteiger partial charge in [0, 0.05) is 26.1 Å². The Kier molecular flexibility index (Phi) is 5.08. The van der Waals surface area contributed by atoms with Crippen molar-refractivity contribution in [2.75, 3.05) is 26.2 Å². The smallest absolute Gasteiger partial charge is 0.222 e. The van der Waals surface area contributed by atoms with Gasteiger partial charge >= 0.3 is 0 Å². The normalized spacial score (nSPS) is 21.3. The second-order valence-corrected chi connectivity index (χ2v) is 6.65. The lowest BCUT2D eigenvalue weighted by molar-refractivity contribution is -0.134. The molecule has 1 aromatic rings. The lowest BCUT2D eigenvalue weighted by Gasteiger charge is -2.36. The number of amides is 1. The minimum absolute atomic E-state index is 0.156. The predicted octanol–water partition coefficient (Wildman–Crippen LogP) is 3.05. The number of carbonyl (C=O) groups is 1. The Morgan fingerprint density at radius 2 is 1.95 bits per heavy atom. The second-order valence-electron chi connectivity index (χ2n) is 6.65. The first kappa shape index (κ1) is 15.5. The van der Waals surface area contributed by atoms with Gasteiger partial charge in [0.25, 0.3) is 0 Å². The van der Waals surface area contributed by atoms with Crippen molar-refractivity contribution in [3.8, 4) is 0 Å². The Balaban J connectivity index is 1.45. The molecule has 22 heavy (non-hydrogen) atoms. The summed E-state index contributed by atoms with van der Waals surface area (Å²) in [7, 11) is 0. The van der Waals surface area contributed by atoms with Gasteiger partial charge in [0.2, 0.25) is 5.91 Å². The quantitative estimate of drug-likeness (QED) is 0.853. The van der Waals surface area contributed by atoms with E-state index in [1.165, 1.54) is 6.07 Å². The molecule has 2 aliphatic rings. The van der Waals surface area contributed by atoms with Crippen molar-refractivity contribution in [2.45, 2.75) is 38.6 Å². The van der Waals surface area contributed by atoms with Crippen LogP contribution in [0.25, 0.3) is 0 Å². The van der Waals surface area contributed by atoms with Gasteiger partial charge < -0.3 is 4.90 Å². The van der Waals surface area contributed by atoms with Crippen molar-refractivity contribution in [2.24, 2.45) is 5.92 Å². The van der Waals surface area contributed by atoms with E-state index < -0.39 is 0 Å². The van der Waals surface area contributed by atoms with E-state index in [2.05, 4.69) is 9.80 Å². The Hall–Kier alpha value is -1.42. The highest BCUT2D eigenvalue weighted by molar-refractivity contribution is 5.76. The number of hydrogen-bond acceptors (Lipinski definition) is 2. The van der Waals surface area contributed by atoms with Crippen LogP contribution in [0.5, 0.6) is 0 Å². The molecule has 3 rings (SSSR count). The van der Waals surface area contributed by atoms with Crippen LogP contribution in [0.2, 0.25) is 0 Å². The van der Waals surface area contributed by atoms with Crippen molar-refractivity contribution in [1.82, 2.24) is 9.80 Å². The first-order valence-electron chi connectivity index (χ1n) is 8.45. The highest BCUT2D eigenvalue weighted by atomic mass is 19.1. The lowest BCUT2D eigenvalue weighted by atomic mass is 9.95. The number of likely N-dealkylation sites (tertiary alicyclic amines) is 2. The first-order valence-corrected chi connectivity index (χ1v) is 8.45. The van der Waals surface area contributed by atoms with E-state index >= 15 is 0 Å². The second kappa shape index (κ2) is 7.23. The third kappa shape index (κ3) is 4.07. The van der Waals surface area contributed by atoms with E-state index in [0.29, 0.717) is 11.8 Å². The Morgan fingerprint density at radius 3 is 2.68 bits per heavy atom. The molecule has 1 amide bonds. The molecule has 0 radical (unpaired) electrons. The van der Waals surface area contributed by atoms with Crippen molar-refractivity contribution in [1.29, 1.82) is 0 Å². The van der Waals surface area contributed by atoms with E-state index in [-0.39, 0.29) is 5.82 Å². The topological polar surface area (TPSA) is 23.6 Å². The van der Waals surface area contributed by atoms with Crippen LogP contribution in [0.15, 0.2) is 24.3 Å². The molecule has 0 bridgehead atoms. The molecule has 3 nitrogen and oxygen atoms in total. The summed E-state index contributed by atoms with van der Waals surface area (Å²) in [5, 5.41) is 0. The predicted molar refractivity (Wildman–Crippen MR) is 84.8 cm³/mol. The summed E-state index contributed by atoms with van der Waals surface area (Å²) in [5.41, 5.74) is 1.05. The summed E-state index contributed by atoms with van der Waals surface area (Å²) in [6.45, 7) is 4.80. The van der Waals surface area contributed by atoms with Crippen molar-refractivity contribution in [3.63, 3.8) is 0 Å². The SMILES string of the molecule is O=C1CCCCN1CC1CCN(Cc2cccc(F)c2)CC1. The van der Waals surface area contributed by atoms with Gasteiger partial charge in [-0.15, -0.1) is 0 Å². The molecular weight excluding hydrogens is 279 g/mol. The summed E-state index contributed by atoms with van der Waals surface area (Å²) >= 11 is 0. The number of carbonyl (C=O) groups excluding carboxylic acids is 1. The number of piperidine rings is 2. The van der Waals surface area contributed by atoms with Crippen molar-refractivity contribution in [3.05, 3.63) is 35.6 Å². The average Bonchev–Trinajstić information content (AvgIpc) is 2.52. The van der Waals surface area contributed by atoms with Gasteiger partial charge in [-0.3, -0.25) is 9.69 Å². The Labute approximate surface area is 132 Å². The zero-order valence-corrected chi connectivity index (χ0v) is 13.1. The third-order valence-electron chi connectivity index (χ3n) is 4.90. The molecule has 2 aliphatic heterocycles. The van der Waals surface area contributed by atoms with E-state index in [0.717, 1.165) is 70.4 Å². The van der Waals surface area contributed by atoms with Crippen LogP contribution in [-0.2, 0) is 11.3 Å². The summed E-state index contributed by atoms with van der Waals surface area (Å²) < 4.78 is 13.2. The van der Waals surface area contributed by atoms with Crippen LogP contribution in [0.3, 0.4) is 0 Å². The van der Waals surface area contributed by atoms with Gasteiger partial charge in [0.1, 0.15) is 5.82 Å². The lowest BCUT2D eigenvalue weighted by Crippen LogP contribution is -2.42. The van der Waals surface area contributed by atoms with Gasteiger partial charge in [-0.1, -0.05) is 12.1 Å². The molecule has 2 fully saturated rings. The summed E-state index contributed by atoms with van der Waals surface area (Å²) in [4.78, 5) is 16.3. The zero-order valence-electron chi connectivity index (χ0n) is 13.1. The molecule has 2 saturated heterocycles. The van der Waals surface area contributed by atoms with Gasteiger partial charge in [-0.25, -0.2) is 4.39 Å². The highest BCUT2D eigenvalue weighted by Crippen LogP contribution is 2.22. The fraction of sp³-hybridized carbons (Fsp3) is 0.611. The number of rotatable bonds is 4.